The van der Waals surface area contributed by atoms with Gasteiger partial charge in [-0.25, -0.2) is 22.6 Å². The van der Waals surface area contributed by atoms with Crippen molar-refractivity contribution in [3.05, 3.63) is 101 Å². The van der Waals surface area contributed by atoms with Gasteiger partial charge in [0.05, 0.1) is 22.9 Å². The molecule has 0 spiro atoms. The van der Waals surface area contributed by atoms with E-state index in [9.17, 15) is 26.0 Å². The van der Waals surface area contributed by atoms with Crippen LogP contribution in [0.25, 0.3) is 0 Å². The molecule has 262 valence electrons. The predicted molar refractivity (Wildman–Crippen MR) is 186 cm³/mol. The smallest absolute Gasteiger partial charge is 0.410 e. The normalized spacial score (nSPS) is 17.9. The molecule has 3 aromatic carbocycles. The van der Waals surface area contributed by atoms with Gasteiger partial charge in [0.15, 0.2) is 0 Å². The van der Waals surface area contributed by atoms with Crippen LogP contribution in [0, 0.1) is 5.82 Å². The third-order valence-electron chi connectivity index (χ3n) is 7.75. The lowest BCUT2D eigenvalue weighted by atomic mass is 9.91. The van der Waals surface area contributed by atoms with E-state index in [1.54, 1.807) is 32.9 Å². The van der Waals surface area contributed by atoms with Crippen molar-refractivity contribution in [3.8, 4) is 0 Å². The van der Waals surface area contributed by atoms with E-state index in [-0.39, 0.29) is 56.0 Å². The predicted octanol–water partition coefficient (Wildman–Crippen LogP) is 4.50. The van der Waals surface area contributed by atoms with Crippen molar-refractivity contribution < 1.29 is 30.8 Å². The Hall–Kier alpha value is -4.05. The van der Waals surface area contributed by atoms with Gasteiger partial charge in [0.2, 0.25) is 16.0 Å². The summed E-state index contributed by atoms with van der Waals surface area (Å²) in [7, 11) is -8.20. The molecule has 16 heteroatoms. The van der Waals surface area contributed by atoms with E-state index in [0.29, 0.717) is 10.7 Å². The van der Waals surface area contributed by atoms with Crippen molar-refractivity contribution in [2.75, 3.05) is 45.0 Å². The van der Waals surface area contributed by atoms with E-state index in [1.165, 1.54) is 14.2 Å². The number of nitrogens with one attached hydrogen (secondary N) is 1. The maximum Gasteiger partial charge on any atom is 0.410 e. The van der Waals surface area contributed by atoms with E-state index in [4.69, 9.17) is 21.4 Å². The summed E-state index contributed by atoms with van der Waals surface area (Å²) in [6.07, 6.45) is -0.507. The summed E-state index contributed by atoms with van der Waals surface area (Å²) in [6.45, 7) is 5.76. The van der Waals surface area contributed by atoms with Crippen molar-refractivity contribution in [2.45, 2.75) is 37.2 Å². The minimum Gasteiger partial charge on any atom is -0.444 e. The molecule has 0 bridgehead atoms. The van der Waals surface area contributed by atoms with Crippen molar-refractivity contribution in [2.24, 2.45) is 9.50 Å². The van der Waals surface area contributed by atoms with Gasteiger partial charge in [-0.15, -0.1) is 4.40 Å². The minimum absolute atomic E-state index is 0.0844. The second-order valence-electron chi connectivity index (χ2n) is 12.5. The highest BCUT2D eigenvalue weighted by atomic mass is 35.5. The Kier molecular flexibility index (Phi) is 11.0. The zero-order valence-electron chi connectivity index (χ0n) is 27.3. The van der Waals surface area contributed by atoms with Crippen LogP contribution < -0.4 is 5.32 Å². The number of sulfonamides is 2. The average molecular weight is 733 g/mol. The fourth-order valence-corrected chi connectivity index (χ4v) is 7.74. The molecule has 0 saturated carbocycles. The molecule has 1 amide bonds. The molecule has 0 radical (unpaired) electrons. The molecule has 49 heavy (non-hydrogen) atoms. The maximum atomic E-state index is 13.6. The van der Waals surface area contributed by atoms with Gasteiger partial charge in [0.1, 0.15) is 11.4 Å². The second kappa shape index (κ2) is 14.8. The number of amides is 1. The molecule has 2 aliphatic heterocycles. The van der Waals surface area contributed by atoms with Crippen LogP contribution in [0.5, 0.6) is 0 Å². The summed E-state index contributed by atoms with van der Waals surface area (Å²) >= 11 is 6.14. The molecule has 5 rings (SSSR count). The molecule has 2 heterocycles. The summed E-state index contributed by atoms with van der Waals surface area (Å²) in [6, 6.07) is 20.9. The number of nitrogens with zero attached hydrogens (tertiary/aromatic N) is 5. The third-order valence-corrected chi connectivity index (χ3v) is 11.2. The van der Waals surface area contributed by atoms with Crippen LogP contribution in [0.2, 0.25) is 5.02 Å². The minimum atomic E-state index is -4.38. The number of piperazine rings is 1. The second-order valence-corrected chi connectivity index (χ2v) is 16.6. The zero-order valence-corrected chi connectivity index (χ0v) is 29.7. The quantitative estimate of drug-likeness (QED) is 0.264. The number of rotatable bonds is 8. The van der Waals surface area contributed by atoms with Gasteiger partial charge in [0.25, 0.3) is 10.0 Å². The van der Waals surface area contributed by atoms with E-state index in [1.807, 2.05) is 42.5 Å². The van der Waals surface area contributed by atoms with Gasteiger partial charge < -0.3 is 15.0 Å². The SMILES string of the molecule is CC(C)(C)OC(=O)N1CCN(S(=O)(=O)CCN/C(=N\S(=O)(=O)c2ccc(F)cc2)N2CC(c3ccccc3)C(c3ccc(Cl)cc3)=N2)CC1. The Labute approximate surface area is 291 Å². The zero-order chi connectivity index (χ0) is 35.4. The summed E-state index contributed by atoms with van der Waals surface area (Å²) in [4.78, 5) is 13.7. The van der Waals surface area contributed by atoms with Gasteiger partial charge in [-0.2, -0.15) is 17.8 Å². The van der Waals surface area contributed by atoms with Crippen LogP contribution in [0.15, 0.2) is 93.3 Å². The Balaban J connectivity index is 1.38. The summed E-state index contributed by atoms with van der Waals surface area (Å²) in [5.74, 6) is -1.49. The van der Waals surface area contributed by atoms with Crippen molar-refractivity contribution in [1.29, 1.82) is 0 Å². The number of ether oxygens (including phenoxy) is 1. The fraction of sp³-hybridized carbons (Fsp3) is 0.364. The number of carbonyl (C=O) groups is 1. The number of benzene rings is 3. The fourth-order valence-electron chi connectivity index (χ4n) is 5.30. The molecule has 0 aliphatic carbocycles. The van der Waals surface area contributed by atoms with Crippen molar-refractivity contribution in [3.63, 3.8) is 0 Å². The van der Waals surface area contributed by atoms with Gasteiger partial charge in [-0.05, 0) is 68.3 Å². The topological polar surface area (TPSA) is 141 Å². The molecular formula is C33H38ClFN6O6S2. The Bertz CT molecular complexity index is 1910. The summed E-state index contributed by atoms with van der Waals surface area (Å²) in [5, 5.41) is 9.61. The van der Waals surface area contributed by atoms with Gasteiger partial charge in [-0.1, -0.05) is 54.1 Å². The van der Waals surface area contributed by atoms with Crippen molar-refractivity contribution >= 4 is 49.4 Å². The molecular weight excluding hydrogens is 695 g/mol. The van der Waals surface area contributed by atoms with Crippen molar-refractivity contribution in [1.82, 2.24) is 19.5 Å². The lowest BCUT2D eigenvalue weighted by Crippen LogP contribution is -2.52. The third kappa shape index (κ3) is 9.35. The highest BCUT2D eigenvalue weighted by molar-refractivity contribution is 7.90. The molecule has 2 aliphatic rings. The van der Waals surface area contributed by atoms with Crippen LogP contribution in [0.1, 0.15) is 37.8 Å². The van der Waals surface area contributed by atoms with E-state index in [0.717, 1.165) is 35.4 Å². The standard InChI is InChI=1S/C33H38ClFN6O6S2/c1-33(2,3)47-32(42)39-18-20-40(21-19-39)48(43,44)22-17-36-31(38-49(45,46)28-15-13-27(35)14-16-28)41-23-29(24-7-5-4-6-8-24)30(37-41)25-9-11-26(34)12-10-25/h4-16,29H,17-23H2,1-3H3,(H,36,38). The number of hydrazone groups is 1. The van der Waals surface area contributed by atoms with Crippen LogP contribution in [-0.4, -0.2) is 99.4 Å². The van der Waals surface area contributed by atoms with Crippen LogP contribution >= 0.6 is 11.6 Å². The summed E-state index contributed by atoms with van der Waals surface area (Å²) in [5.41, 5.74) is 1.64. The lowest BCUT2D eigenvalue weighted by molar-refractivity contribution is 0.0192. The number of halogens is 2. The van der Waals surface area contributed by atoms with Crippen LogP contribution in [-0.2, 0) is 24.8 Å². The lowest BCUT2D eigenvalue weighted by Gasteiger charge is -2.35. The molecule has 1 N–H and O–H groups in total. The first kappa shape index (κ1) is 36.2. The van der Waals surface area contributed by atoms with Gasteiger partial charge in [-0.3, -0.25) is 0 Å². The molecule has 1 saturated heterocycles. The average Bonchev–Trinajstić information content (AvgIpc) is 3.50. The van der Waals surface area contributed by atoms with Gasteiger partial charge in [0, 0.05) is 43.7 Å². The van der Waals surface area contributed by atoms with Crippen LogP contribution in [0.4, 0.5) is 9.18 Å². The molecule has 1 atom stereocenters. The monoisotopic (exact) mass is 732 g/mol. The molecule has 1 unspecified atom stereocenters. The first-order valence-electron chi connectivity index (χ1n) is 15.6. The number of hydrogen-bond donors (Lipinski definition) is 1. The largest absolute Gasteiger partial charge is 0.444 e. The Morgan fingerprint density at radius 2 is 1.59 bits per heavy atom. The molecule has 3 aromatic rings. The Morgan fingerprint density at radius 3 is 2.20 bits per heavy atom. The maximum absolute atomic E-state index is 13.6. The number of hydrogen-bond acceptors (Lipinski definition) is 7. The van der Waals surface area contributed by atoms with Gasteiger partial charge >= 0.3 is 6.09 Å². The van der Waals surface area contributed by atoms with E-state index in [2.05, 4.69) is 9.71 Å². The number of carbonyl (C=O) groups excluding carboxylic acids is 1. The highest BCUT2D eigenvalue weighted by Gasteiger charge is 2.34. The first-order chi connectivity index (χ1) is 23.1. The Morgan fingerprint density at radius 1 is 0.959 bits per heavy atom. The van der Waals surface area contributed by atoms with E-state index >= 15 is 0 Å². The number of guanidine groups is 1. The first-order valence-corrected chi connectivity index (χ1v) is 19.0. The summed E-state index contributed by atoms with van der Waals surface area (Å²) < 4.78 is 77.9. The highest BCUT2D eigenvalue weighted by Crippen LogP contribution is 2.30. The van der Waals surface area contributed by atoms with E-state index < -0.39 is 43.3 Å². The molecule has 12 nitrogen and oxygen atoms in total. The van der Waals surface area contributed by atoms with Crippen LogP contribution in [0.3, 0.4) is 0 Å². The molecule has 0 aromatic heterocycles. The molecule has 1 fully saturated rings.